The van der Waals surface area contributed by atoms with Gasteiger partial charge in [0, 0.05) is 12.1 Å². The van der Waals surface area contributed by atoms with Crippen LogP contribution in [0.25, 0.3) is 0 Å². The summed E-state index contributed by atoms with van der Waals surface area (Å²) in [6.45, 7) is 0. The average molecular weight is 289 g/mol. The summed E-state index contributed by atoms with van der Waals surface area (Å²) in [4.78, 5) is 12.1. The van der Waals surface area contributed by atoms with Crippen LogP contribution < -0.4 is 10.1 Å². The van der Waals surface area contributed by atoms with Gasteiger partial charge >= 0.3 is 0 Å². The van der Waals surface area contributed by atoms with Crippen molar-refractivity contribution in [3.8, 4) is 5.75 Å². The van der Waals surface area contributed by atoms with E-state index in [9.17, 15) is 9.90 Å². The van der Waals surface area contributed by atoms with Gasteiger partial charge in [-0.1, -0.05) is 12.1 Å². The topological polar surface area (TPSA) is 58.6 Å². The second-order valence-corrected chi connectivity index (χ2v) is 5.67. The predicted octanol–water partition coefficient (Wildman–Crippen LogP) is 2.72. The second kappa shape index (κ2) is 5.26. The zero-order valence-electron chi connectivity index (χ0n) is 11.1. The van der Waals surface area contributed by atoms with E-state index in [-0.39, 0.29) is 5.91 Å². The molecule has 0 bridgehead atoms. The van der Waals surface area contributed by atoms with Gasteiger partial charge in [-0.2, -0.15) is 0 Å². The molecule has 0 aliphatic carbocycles. The summed E-state index contributed by atoms with van der Waals surface area (Å²) in [7, 11) is 1.60. The Kier molecular flexibility index (Phi) is 3.46. The summed E-state index contributed by atoms with van der Waals surface area (Å²) in [5.74, 6) is 0.749. The number of fused-ring (bicyclic) bond motifs is 1. The maximum absolute atomic E-state index is 11.3. The van der Waals surface area contributed by atoms with Crippen LogP contribution in [-0.2, 0) is 11.2 Å². The third-order valence-corrected chi connectivity index (χ3v) is 4.42. The summed E-state index contributed by atoms with van der Waals surface area (Å²) >= 11 is 1.47. The maximum Gasteiger partial charge on any atom is 0.224 e. The highest BCUT2D eigenvalue weighted by atomic mass is 32.1. The van der Waals surface area contributed by atoms with Gasteiger partial charge in [0.1, 0.15) is 11.9 Å². The molecule has 1 aliphatic heterocycles. The molecule has 1 atom stereocenters. The number of nitrogens with one attached hydrogen (secondary N) is 1. The first-order valence-electron chi connectivity index (χ1n) is 6.41. The van der Waals surface area contributed by atoms with E-state index in [1.54, 1.807) is 7.11 Å². The summed E-state index contributed by atoms with van der Waals surface area (Å²) in [5.41, 5.74) is 2.73. The Bertz CT molecular complexity index is 650. The summed E-state index contributed by atoms with van der Waals surface area (Å²) < 4.78 is 5.25. The molecule has 0 saturated carbocycles. The number of benzene rings is 1. The Labute approximate surface area is 121 Å². The van der Waals surface area contributed by atoms with E-state index in [4.69, 9.17) is 4.74 Å². The number of aliphatic hydroxyl groups excluding tert-OH is 1. The number of rotatable bonds is 3. The maximum atomic E-state index is 11.3. The van der Waals surface area contributed by atoms with E-state index >= 15 is 0 Å². The van der Waals surface area contributed by atoms with Crippen molar-refractivity contribution in [2.45, 2.75) is 18.9 Å². The highest BCUT2D eigenvalue weighted by molar-refractivity contribution is 7.10. The van der Waals surface area contributed by atoms with Gasteiger partial charge in [0.15, 0.2) is 0 Å². The fourth-order valence-corrected chi connectivity index (χ4v) is 3.27. The minimum absolute atomic E-state index is 0.0470. The lowest BCUT2D eigenvalue weighted by Crippen LogP contribution is -2.19. The van der Waals surface area contributed by atoms with Crippen molar-refractivity contribution in [1.82, 2.24) is 0 Å². The highest BCUT2D eigenvalue weighted by Gasteiger charge is 2.20. The number of ether oxygens (including phenoxy) is 1. The first kappa shape index (κ1) is 13.1. The summed E-state index contributed by atoms with van der Waals surface area (Å²) in [6, 6.07) is 7.50. The van der Waals surface area contributed by atoms with Crippen LogP contribution in [-0.4, -0.2) is 18.1 Å². The van der Waals surface area contributed by atoms with Gasteiger partial charge in [-0.3, -0.25) is 4.79 Å². The molecular weight excluding hydrogens is 274 g/mol. The molecule has 104 valence electrons. The monoisotopic (exact) mass is 289 g/mol. The van der Waals surface area contributed by atoms with E-state index < -0.39 is 6.10 Å². The van der Waals surface area contributed by atoms with Crippen LogP contribution in [0.3, 0.4) is 0 Å². The van der Waals surface area contributed by atoms with Crippen LogP contribution in [0.4, 0.5) is 5.69 Å². The van der Waals surface area contributed by atoms with Gasteiger partial charge in [-0.25, -0.2) is 0 Å². The van der Waals surface area contributed by atoms with Gasteiger partial charge in [0.25, 0.3) is 0 Å². The molecule has 2 aromatic rings. The van der Waals surface area contributed by atoms with Crippen LogP contribution in [0.2, 0.25) is 0 Å². The number of carbonyl (C=O) groups is 1. The Morgan fingerprint density at radius 1 is 1.35 bits per heavy atom. The predicted molar refractivity (Wildman–Crippen MR) is 78.3 cm³/mol. The Morgan fingerprint density at radius 3 is 3.00 bits per heavy atom. The summed E-state index contributed by atoms with van der Waals surface area (Å²) in [5, 5.41) is 15.2. The van der Waals surface area contributed by atoms with Crippen LogP contribution >= 0.6 is 11.3 Å². The van der Waals surface area contributed by atoms with E-state index in [1.165, 1.54) is 11.3 Å². The van der Waals surface area contributed by atoms with Gasteiger partial charge in [-0.15, -0.1) is 11.3 Å². The second-order valence-electron chi connectivity index (χ2n) is 4.72. The van der Waals surface area contributed by atoms with Gasteiger partial charge < -0.3 is 15.2 Å². The lowest BCUT2D eigenvalue weighted by Gasteiger charge is -2.19. The third-order valence-electron chi connectivity index (χ3n) is 3.47. The number of anilines is 1. The minimum Gasteiger partial charge on any atom is -0.495 e. The number of thiophene rings is 1. The van der Waals surface area contributed by atoms with Crippen molar-refractivity contribution in [3.05, 3.63) is 45.6 Å². The van der Waals surface area contributed by atoms with Crippen molar-refractivity contribution in [2.24, 2.45) is 0 Å². The number of aliphatic hydroxyl groups is 1. The lowest BCUT2D eigenvalue weighted by molar-refractivity contribution is -0.116. The number of hydrogen-bond acceptors (Lipinski definition) is 4. The molecule has 1 amide bonds. The third kappa shape index (κ3) is 2.30. The van der Waals surface area contributed by atoms with Crippen molar-refractivity contribution < 1.29 is 14.6 Å². The molecule has 1 aliphatic rings. The number of hydrogen-bond donors (Lipinski definition) is 2. The molecule has 1 aromatic carbocycles. The largest absolute Gasteiger partial charge is 0.495 e. The fourth-order valence-electron chi connectivity index (χ4n) is 2.40. The Balaban J connectivity index is 1.93. The highest BCUT2D eigenvalue weighted by Crippen LogP contribution is 2.36. The van der Waals surface area contributed by atoms with Gasteiger partial charge in [-0.05, 0) is 35.1 Å². The molecule has 0 saturated heterocycles. The quantitative estimate of drug-likeness (QED) is 0.913. The SMILES string of the molecule is COc1ccsc1C(O)c1ccc2c(c1)CCC(=O)N2. The molecule has 0 spiro atoms. The van der Waals surface area contributed by atoms with Crippen LogP contribution in [0.5, 0.6) is 5.75 Å². The lowest BCUT2D eigenvalue weighted by atomic mass is 9.97. The molecule has 5 heteroatoms. The Morgan fingerprint density at radius 2 is 2.20 bits per heavy atom. The molecule has 3 rings (SSSR count). The molecule has 20 heavy (non-hydrogen) atoms. The molecule has 1 unspecified atom stereocenters. The van der Waals surface area contributed by atoms with Crippen LogP contribution in [0.15, 0.2) is 29.6 Å². The molecule has 2 N–H and O–H groups in total. The van der Waals surface area contributed by atoms with Crippen molar-refractivity contribution in [3.63, 3.8) is 0 Å². The first-order valence-corrected chi connectivity index (χ1v) is 7.29. The zero-order chi connectivity index (χ0) is 14.1. The van der Waals surface area contributed by atoms with Crippen molar-refractivity contribution in [2.75, 3.05) is 12.4 Å². The number of methoxy groups -OCH3 is 1. The smallest absolute Gasteiger partial charge is 0.224 e. The van der Waals surface area contributed by atoms with E-state index in [1.807, 2.05) is 29.6 Å². The zero-order valence-corrected chi connectivity index (χ0v) is 11.9. The van der Waals surface area contributed by atoms with Crippen LogP contribution in [0.1, 0.15) is 28.5 Å². The number of aryl methyl sites for hydroxylation is 1. The Hall–Kier alpha value is -1.85. The minimum atomic E-state index is -0.701. The van der Waals surface area contributed by atoms with E-state index in [2.05, 4.69) is 5.32 Å². The standard InChI is InChI=1S/C15H15NO3S/c1-19-12-6-7-20-15(12)14(18)10-2-4-11-9(8-10)3-5-13(17)16-11/h2,4,6-8,14,18H,3,5H2,1H3,(H,16,17). The molecule has 0 fully saturated rings. The molecule has 4 nitrogen and oxygen atoms in total. The van der Waals surface area contributed by atoms with Crippen molar-refractivity contribution >= 4 is 22.9 Å². The summed E-state index contributed by atoms with van der Waals surface area (Å²) in [6.07, 6.45) is 0.505. The van der Waals surface area contributed by atoms with E-state index in [0.717, 1.165) is 21.7 Å². The number of amides is 1. The first-order chi connectivity index (χ1) is 9.69. The molecular formula is C15H15NO3S. The van der Waals surface area contributed by atoms with Gasteiger partial charge in [0.05, 0.1) is 12.0 Å². The van der Waals surface area contributed by atoms with Crippen LogP contribution in [0, 0.1) is 0 Å². The average Bonchev–Trinajstić information content (AvgIpc) is 2.94. The molecule has 1 aromatic heterocycles. The van der Waals surface area contributed by atoms with Crippen molar-refractivity contribution in [1.29, 1.82) is 0 Å². The normalized spacial score (nSPS) is 15.4. The fraction of sp³-hybridized carbons (Fsp3) is 0.267. The molecule has 0 radical (unpaired) electrons. The molecule has 2 heterocycles. The number of carbonyl (C=O) groups excluding carboxylic acids is 1. The van der Waals surface area contributed by atoms with E-state index in [0.29, 0.717) is 18.6 Å². The van der Waals surface area contributed by atoms with Gasteiger partial charge in [0.2, 0.25) is 5.91 Å².